The fourth-order valence-electron chi connectivity index (χ4n) is 2.37. The van der Waals surface area contributed by atoms with Crippen LogP contribution in [0.15, 0.2) is 70.9 Å². The lowest BCUT2D eigenvalue weighted by atomic mass is 10.0. The van der Waals surface area contributed by atoms with E-state index in [2.05, 4.69) is 21.1 Å². The van der Waals surface area contributed by atoms with Crippen molar-refractivity contribution in [3.05, 3.63) is 60.7 Å². The number of aliphatic hydroxyl groups excluding tert-OH is 3. The first-order valence-electron chi connectivity index (χ1n) is 8.10. The highest BCUT2D eigenvalue weighted by molar-refractivity contribution is 6.41. The SMILES string of the molecule is OC[C@@H]1OC(=N\Nc2ccccc2)/C(=N/Nc2ccccc2)[C@H](O)[C@@H]1O. The van der Waals surface area contributed by atoms with Crippen LogP contribution in [0.1, 0.15) is 0 Å². The molecule has 136 valence electrons. The van der Waals surface area contributed by atoms with Crippen LogP contribution in [0.2, 0.25) is 0 Å². The Morgan fingerprint density at radius 1 is 0.846 bits per heavy atom. The number of ether oxygens (including phenoxy) is 1. The van der Waals surface area contributed by atoms with Crippen molar-refractivity contribution in [1.82, 2.24) is 0 Å². The van der Waals surface area contributed by atoms with Gasteiger partial charge in [0, 0.05) is 0 Å². The van der Waals surface area contributed by atoms with E-state index in [4.69, 9.17) is 4.74 Å². The molecule has 8 heteroatoms. The fraction of sp³-hybridized carbons (Fsp3) is 0.222. The normalized spacial score (nSPS) is 25.7. The van der Waals surface area contributed by atoms with E-state index < -0.39 is 24.9 Å². The summed E-state index contributed by atoms with van der Waals surface area (Å²) in [6, 6.07) is 18.3. The molecule has 2 aromatic carbocycles. The van der Waals surface area contributed by atoms with Crippen molar-refractivity contribution in [1.29, 1.82) is 0 Å². The Morgan fingerprint density at radius 2 is 1.38 bits per heavy atom. The summed E-state index contributed by atoms with van der Waals surface area (Å²) in [5.74, 6) is -0.0193. The van der Waals surface area contributed by atoms with E-state index in [9.17, 15) is 15.3 Å². The molecule has 1 saturated heterocycles. The summed E-state index contributed by atoms with van der Waals surface area (Å²) < 4.78 is 5.50. The van der Waals surface area contributed by atoms with Crippen molar-refractivity contribution in [3.63, 3.8) is 0 Å². The molecule has 0 saturated carbocycles. The van der Waals surface area contributed by atoms with Gasteiger partial charge < -0.3 is 20.1 Å². The van der Waals surface area contributed by atoms with Crippen LogP contribution in [0.3, 0.4) is 0 Å². The minimum atomic E-state index is -1.37. The maximum absolute atomic E-state index is 10.4. The number of nitrogens with one attached hydrogen (secondary N) is 2. The third kappa shape index (κ3) is 4.17. The molecule has 1 fully saturated rings. The molecular weight excluding hydrogens is 336 g/mol. The van der Waals surface area contributed by atoms with Crippen molar-refractivity contribution < 1.29 is 20.1 Å². The molecule has 3 rings (SSSR count). The van der Waals surface area contributed by atoms with Crippen molar-refractivity contribution >= 4 is 23.0 Å². The largest absolute Gasteiger partial charge is 0.467 e. The topological polar surface area (TPSA) is 119 Å². The predicted molar refractivity (Wildman–Crippen MR) is 99.0 cm³/mol. The molecule has 2 aromatic rings. The smallest absolute Gasteiger partial charge is 0.258 e. The van der Waals surface area contributed by atoms with Gasteiger partial charge in [-0.05, 0) is 24.3 Å². The van der Waals surface area contributed by atoms with E-state index in [0.717, 1.165) is 0 Å². The van der Waals surface area contributed by atoms with Crippen LogP contribution in [0.5, 0.6) is 0 Å². The Balaban J connectivity index is 1.85. The molecule has 1 aliphatic heterocycles. The van der Waals surface area contributed by atoms with Gasteiger partial charge in [-0.1, -0.05) is 36.4 Å². The third-order valence-electron chi connectivity index (χ3n) is 3.79. The van der Waals surface area contributed by atoms with Crippen molar-refractivity contribution in [2.45, 2.75) is 18.3 Å². The first-order valence-corrected chi connectivity index (χ1v) is 8.10. The zero-order valence-electron chi connectivity index (χ0n) is 13.9. The lowest BCUT2D eigenvalue weighted by molar-refractivity contribution is -0.0575. The molecule has 0 unspecified atom stereocenters. The number of benzene rings is 2. The summed E-state index contributed by atoms with van der Waals surface area (Å²) in [7, 11) is 0. The first kappa shape index (κ1) is 17.9. The molecular formula is C18H20N4O4. The number of rotatable bonds is 5. The molecule has 3 atom stereocenters. The Hall–Kier alpha value is -2.94. The Labute approximate surface area is 150 Å². The van der Waals surface area contributed by atoms with Crippen molar-refractivity contribution in [2.24, 2.45) is 10.2 Å². The predicted octanol–water partition coefficient (Wildman–Crippen LogP) is 0.993. The number of aliphatic hydroxyl groups is 3. The van der Waals surface area contributed by atoms with Crippen LogP contribution in [0.25, 0.3) is 0 Å². The Bertz CT molecular complexity index is 767. The molecule has 26 heavy (non-hydrogen) atoms. The number of hydrogen-bond acceptors (Lipinski definition) is 8. The maximum Gasteiger partial charge on any atom is 0.258 e. The minimum Gasteiger partial charge on any atom is -0.467 e. The maximum atomic E-state index is 10.4. The molecule has 1 heterocycles. The quantitative estimate of drug-likeness (QED) is 0.510. The van der Waals surface area contributed by atoms with Gasteiger partial charge >= 0.3 is 0 Å². The number of anilines is 2. The van der Waals surface area contributed by atoms with Crippen LogP contribution < -0.4 is 10.9 Å². The second kappa shape index (κ2) is 8.43. The van der Waals surface area contributed by atoms with Gasteiger partial charge in [-0.15, -0.1) is 5.10 Å². The lowest BCUT2D eigenvalue weighted by Gasteiger charge is -2.32. The molecule has 0 aliphatic carbocycles. The molecule has 1 aliphatic rings. The van der Waals surface area contributed by atoms with Gasteiger partial charge in [0.05, 0.1) is 18.0 Å². The van der Waals surface area contributed by atoms with Crippen LogP contribution in [-0.4, -0.2) is 51.8 Å². The van der Waals surface area contributed by atoms with Crippen LogP contribution in [0.4, 0.5) is 11.4 Å². The van der Waals surface area contributed by atoms with Crippen LogP contribution >= 0.6 is 0 Å². The van der Waals surface area contributed by atoms with Crippen LogP contribution in [-0.2, 0) is 4.74 Å². The molecule has 5 N–H and O–H groups in total. The van der Waals surface area contributed by atoms with Gasteiger partial charge in [-0.2, -0.15) is 5.10 Å². The highest BCUT2D eigenvalue weighted by Gasteiger charge is 2.40. The van der Waals surface area contributed by atoms with Gasteiger partial charge in [0.15, 0.2) is 11.8 Å². The van der Waals surface area contributed by atoms with E-state index in [1.807, 2.05) is 36.4 Å². The zero-order chi connectivity index (χ0) is 18.4. The standard InChI is InChI=1S/C18H20N4O4/c23-11-14-16(24)17(25)15(21-19-12-7-3-1-4-8-12)18(26-14)22-20-13-9-5-2-6-10-13/h1-10,14,16-17,19-20,23-25H,11H2/b21-15+,22-18-/t14-,16+,17-/m0/s1. The van der Waals surface area contributed by atoms with E-state index >= 15 is 0 Å². The van der Waals surface area contributed by atoms with Gasteiger partial charge in [0.2, 0.25) is 0 Å². The van der Waals surface area contributed by atoms with Gasteiger partial charge in [0.1, 0.15) is 12.2 Å². The molecule has 0 amide bonds. The highest BCUT2D eigenvalue weighted by Crippen LogP contribution is 2.17. The first-order chi connectivity index (χ1) is 12.7. The number of hydrazone groups is 2. The fourth-order valence-corrected chi connectivity index (χ4v) is 2.37. The Morgan fingerprint density at radius 3 is 1.92 bits per heavy atom. The molecule has 8 nitrogen and oxygen atoms in total. The monoisotopic (exact) mass is 356 g/mol. The van der Waals surface area contributed by atoms with Crippen molar-refractivity contribution in [3.8, 4) is 0 Å². The van der Waals surface area contributed by atoms with E-state index in [1.54, 1.807) is 24.3 Å². The van der Waals surface area contributed by atoms with E-state index in [-0.39, 0.29) is 11.6 Å². The molecule has 0 spiro atoms. The highest BCUT2D eigenvalue weighted by atomic mass is 16.5. The summed E-state index contributed by atoms with van der Waals surface area (Å²) in [5, 5.41) is 38.1. The van der Waals surface area contributed by atoms with Gasteiger partial charge in [-0.3, -0.25) is 10.9 Å². The number of nitrogens with zero attached hydrogens (tertiary/aromatic N) is 2. The Kier molecular flexibility index (Phi) is 5.80. The van der Waals surface area contributed by atoms with Gasteiger partial charge in [0.25, 0.3) is 5.90 Å². The average molecular weight is 356 g/mol. The van der Waals surface area contributed by atoms with Crippen molar-refractivity contribution in [2.75, 3.05) is 17.5 Å². The summed E-state index contributed by atoms with van der Waals surface area (Å²) in [4.78, 5) is 0. The van der Waals surface area contributed by atoms with Gasteiger partial charge in [-0.25, -0.2) is 0 Å². The van der Waals surface area contributed by atoms with E-state index in [0.29, 0.717) is 11.4 Å². The zero-order valence-corrected chi connectivity index (χ0v) is 13.9. The second-order valence-electron chi connectivity index (χ2n) is 5.64. The average Bonchev–Trinajstić information content (AvgIpc) is 2.69. The molecule has 0 bridgehead atoms. The van der Waals surface area contributed by atoms with Crippen LogP contribution in [0, 0.1) is 0 Å². The summed E-state index contributed by atoms with van der Waals surface area (Å²) >= 11 is 0. The lowest BCUT2D eigenvalue weighted by Crippen LogP contribution is -2.54. The third-order valence-corrected chi connectivity index (χ3v) is 3.79. The summed E-state index contributed by atoms with van der Waals surface area (Å²) in [6.45, 7) is -0.470. The summed E-state index contributed by atoms with van der Waals surface area (Å²) in [6.07, 6.45) is -3.70. The number of para-hydroxylation sites is 2. The summed E-state index contributed by atoms with van der Waals surface area (Å²) in [5.41, 5.74) is 7.02. The minimum absolute atomic E-state index is 0.0193. The molecule has 0 radical (unpaired) electrons. The molecule has 0 aromatic heterocycles. The number of hydrogen-bond donors (Lipinski definition) is 5. The second-order valence-corrected chi connectivity index (χ2v) is 5.64. The van der Waals surface area contributed by atoms with E-state index in [1.165, 1.54) is 0 Å².